The maximum atomic E-state index is 13.2. The molecule has 0 radical (unpaired) electrons. The smallest absolute Gasteiger partial charge is 0.207 e. The summed E-state index contributed by atoms with van der Waals surface area (Å²) >= 11 is 0. The predicted octanol–water partition coefficient (Wildman–Crippen LogP) is 4.03. The molecule has 6 heteroatoms. The molecule has 2 aromatic rings. The van der Waals surface area contributed by atoms with Crippen LogP contribution in [0.4, 0.5) is 4.39 Å². The molecule has 130 valence electrons. The molecule has 25 heavy (non-hydrogen) atoms. The van der Waals surface area contributed by atoms with Gasteiger partial charge in [-0.2, -0.15) is 5.10 Å². The molecule has 0 unspecified atom stereocenters. The average molecular weight is 341 g/mol. The highest BCUT2D eigenvalue weighted by atomic mass is 19.1. The van der Waals surface area contributed by atoms with Gasteiger partial charge in [0.15, 0.2) is 0 Å². The first-order valence-electron chi connectivity index (χ1n) is 8.63. The summed E-state index contributed by atoms with van der Waals surface area (Å²) in [5, 5.41) is 15.6. The van der Waals surface area contributed by atoms with Gasteiger partial charge in [-0.1, -0.05) is 12.5 Å². The Morgan fingerprint density at radius 2 is 2.16 bits per heavy atom. The Morgan fingerprint density at radius 1 is 1.40 bits per heavy atom. The molecule has 2 aliphatic rings. The highest BCUT2D eigenvalue weighted by Gasteiger charge is 2.45. The number of nitrogens with zero attached hydrogens (tertiary/aromatic N) is 3. The summed E-state index contributed by atoms with van der Waals surface area (Å²) in [7, 11) is 0. The summed E-state index contributed by atoms with van der Waals surface area (Å²) in [5.41, 5.74) is 4.05. The first-order valence-corrected chi connectivity index (χ1v) is 8.63. The van der Waals surface area contributed by atoms with Crippen molar-refractivity contribution in [1.29, 1.82) is 0 Å². The maximum Gasteiger partial charge on any atom is 0.207 e. The van der Waals surface area contributed by atoms with Crippen LogP contribution in [0.2, 0.25) is 0 Å². The second-order valence-electron chi connectivity index (χ2n) is 7.31. The van der Waals surface area contributed by atoms with Gasteiger partial charge in [-0.25, -0.2) is 9.07 Å². The minimum absolute atomic E-state index is 0.0231. The van der Waals surface area contributed by atoms with E-state index >= 15 is 0 Å². The lowest BCUT2D eigenvalue weighted by atomic mass is 9.60. The SMILES string of the molecule is C[C@]12Cc3cnn(-c4ccc(F)cc4)c3C=C1CCC[C@@H]2C[N+](=O)[O-]. The van der Waals surface area contributed by atoms with Gasteiger partial charge in [0.05, 0.1) is 17.6 Å². The summed E-state index contributed by atoms with van der Waals surface area (Å²) in [4.78, 5) is 10.9. The molecule has 5 nitrogen and oxygen atoms in total. The number of nitro groups is 1. The molecule has 2 aliphatic carbocycles. The fourth-order valence-corrected chi connectivity index (χ4v) is 4.40. The van der Waals surface area contributed by atoms with Gasteiger partial charge in [-0.05, 0) is 61.6 Å². The van der Waals surface area contributed by atoms with Crippen molar-refractivity contribution in [1.82, 2.24) is 9.78 Å². The molecule has 0 saturated heterocycles. The van der Waals surface area contributed by atoms with Crippen molar-refractivity contribution in [2.45, 2.75) is 32.6 Å². The van der Waals surface area contributed by atoms with Crippen LogP contribution in [0.15, 0.2) is 36.0 Å². The lowest BCUT2D eigenvalue weighted by molar-refractivity contribution is -0.492. The second kappa shape index (κ2) is 5.79. The van der Waals surface area contributed by atoms with Crippen LogP contribution in [0, 0.1) is 27.3 Å². The normalized spacial score (nSPS) is 25.0. The monoisotopic (exact) mass is 341 g/mol. The zero-order valence-corrected chi connectivity index (χ0v) is 14.1. The average Bonchev–Trinajstić information content (AvgIpc) is 2.96. The molecular formula is C19H20FN3O2. The van der Waals surface area contributed by atoms with Crippen LogP contribution in [-0.4, -0.2) is 21.2 Å². The zero-order chi connectivity index (χ0) is 17.6. The first kappa shape index (κ1) is 16.0. The van der Waals surface area contributed by atoms with Gasteiger partial charge < -0.3 is 0 Å². The highest BCUT2D eigenvalue weighted by Crippen LogP contribution is 2.51. The van der Waals surface area contributed by atoms with E-state index in [0.29, 0.717) is 0 Å². The molecule has 0 bridgehead atoms. The number of hydrogen-bond donors (Lipinski definition) is 0. The summed E-state index contributed by atoms with van der Waals surface area (Å²) in [5.74, 6) is -0.213. The Morgan fingerprint density at radius 3 is 2.88 bits per heavy atom. The van der Waals surface area contributed by atoms with E-state index in [1.165, 1.54) is 17.7 Å². The third-order valence-electron chi connectivity index (χ3n) is 5.83. The molecule has 2 atom stereocenters. The third kappa shape index (κ3) is 2.65. The van der Waals surface area contributed by atoms with Gasteiger partial charge in [-0.15, -0.1) is 0 Å². The van der Waals surface area contributed by atoms with Crippen LogP contribution in [0.25, 0.3) is 11.8 Å². The van der Waals surface area contributed by atoms with Crippen LogP contribution in [0.5, 0.6) is 0 Å². The molecule has 1 saturated carbocycles. The first-order chi connectivity index (χ1) is 12.0. The van der Waals surface area contributed by atoms with E-state index in [-0.39, 0.29) is 28.6 Å². The number of allylic oxidation sites excluding steroid dienone is 1. The summed E-state index contributed by atoms with van der Waals surface area (Å²) < 4.78 is 15.0. The zero-order valence-electron chi connectivity index (χ0n) is 14.1. The number of halogens is 1. The molecule has 1 heterocycles. The fraction of sp³-hybridized carbons (Fsp3) is 0.421. The molecule has 0 amide bonds. The van der Waals surface area contributed by atoms with Crippen LogP contribution in [0.3, 0.4) is 0 Å². The Kier molecular flexibility index (Phi) is 3.71. The van der Waals surface area contributed by atoms with Crippen molar-refractivity contribution in [3.8, 4) is 5.69 Å². The molecule has 0 N–H and O–H groups in total. The van der Waals surface area contributed by atoms with Gasteiger partial charge in [0.25, 0.3) is 0 Å². The van der Waals surface area contributed by atoms with Gasteiger partial charge in [-0.3, -0.25) is 10.1 Å². The lowest BCUT2D eigenvalue weighted by Gasteiger charge is -2.44. The number of rotatable bonds is 3. The van der Waals surface area contributed by atoms with E-state index in [0.717, 1.165) is 42.6 Å². The second-order valence-corrected chi connectivity index (χ2v) is 7.31. The van der Waals surface area contributed by atoms with Gasteiger partial charge in [0.2, 0.25) is 6.54 Å². The summed E-state index contributed by atoms with van der Waals surface area (Å²) in [6.07, 6.45) is 7.62. The minimum Gasteiger partial charge on any atom is -0.265 e. The third-order valence-corrected chi connectivity index (χ3v) is 5.83. The molecule has 0 aliphatic heterocycles. The Hall–Kier alpha value is -2.50. The van der Waals surface area contributed by atoms with Crippen molar-refractivity contribution in [2.24, 2.45) is 11.3 Å². The van der Waals surface area contributed by atoms with Gasteiger partial charge in [0.1, 0.15) is 5.82 Å². The van der Waals surface area contributed by atoms with Crippen molar-refractivity contribution in [3.63, 3.8) is 0 Å². The molecular weight excluding hydrogens is 321 g/mol. The van der Waals surface area contributed by atoms with Gasteiger partial charge in [0, 0.05) is 16.3 Å². The fourth-order valence-electron chi connectivity index (χ4n) is 4.40. The van der Waals surface area contributed by atoms with Gasteiger partial charge >= 0.3 is 0 Å². The Labute approximate surface area is 145 Å². The van der Waals surface area contributed by atoms with Crippen molar-refractivity contribution in [3.05, 3.63) is 63.2 Å². The molecule has 1 aromatic heterocycles. The van der Waals surface area contributed by atoms with Crippen molar-refractivity contribution in [2.75, 3.05) is 6.54 Å². The van der Waals surface area contributed by atoms with Crippen LogP contribution < -0.4 is 0 Å². The van der Waals surface area contributed by atoms with E-state index in [9.17, 15) is 14.5 Å². The Balaban J connectivity index is 1.74. The van der Waals surface area contributed by atoms with E-state index in [1.807, 2.05) is 10.9 Å². The summed E-state index contributed by atoms with van der Waals surface area (Å²) in [6.45, 7) is 2.18. The number of hydrogen-bond acceptors (Lipinski definition) is 3. The Bertz CT molecular complexity index is 856. The van der Waals surface area contributed by atoms with E-state index in [2.05, 4.69) is 18.1 Å². The molecule has 1 fully saturated rings. The van der Waals surface area contributed by atoms with Crippen LogP contribution >= 0.6 is 0 Å². The van der Waals surface area contributed by atoms with E-state index < -0.39 is 0 Å². The predicted molar refractivity (Wildman–Crippen MR) is 92.5 cm³/mol. The number of aromatic nitrogens is 2. The topological polar surface area (TPSA) is 61.0 Å². The minimum atomic E-state index is -0.273. The number of fused-ring (bicyclic) bond motifs is 2. The molecule has 1 aromatic carbocycles. The number of benzene rings is 1. The highest BCUT2D eigenvalue weighted by molar-refractivity contribution is 5.61. The van der Waals surface area contributed by atoms with Crippen molar-refractivity contribution >= 4 is 6.08 Å². The van der Waals surface area contributed by atoms with E-state index in [1.54, 1.807) is 12.1 Å². The lowest BCUT2D eigenvalue weighted by Crippen LogP contribution is -2.40. The summed E-state index contributed by atoms with van der Waals surface area (Å²) in [6, 6.07) is 6.28. The maximum absolute atomic E-state index is 13.2. The quantitative estimate of drug-likeness (QED) is 0.625. The largest absolute Gasteiger partial charge is 0.265 e. The van der Waals surface area contributed by atoms with E-state index in [4.69, 9.17) is 0 Å². The standard InChI is InChI=1S/C19H20FN3O2/c1-19-10-13-11-21-23(17-7-5-16(20)6-8-17)18(13)9-14(19)3-2-4-15(19)12-22(24)25/h5-9,11,15H,2-4,10,12H2,1H3/t15-,19+/m1/s1. The van der Waals surface area contributed by atoms with Crippen molar-refractivity contribution < 1.29 is 9.31 Å². The molecule has 4 rings (SSSR count). The van der Waals surface area contributed by atoms with Crippen LogP contribution in [-0.2, 0) is 6.42 Å². The molecule has 0 spiro atoms. The van der Waals surface area contributed by atoms with Crippen LogP contribution in [0.1, 0.15) is 37.4 Å².